The predicted octanol–water partition coefficient (Wildman–Crippen LogP) is 3.44. The molecule has 0 aliphatic heterocycles. The molecule has 26 heavy (non-hydrogen) atoms. The number of nitrogens with one attached hydrogen (secondary N) is 1. The highest BCUT2D eigenvalue weighted by atomic mass is 32.2. The Hall–Kier alpha value is -3.20. The Kier molecular flexibility index (Phi) is 4.99. The highest BCUT2D eigenvalue weighted by Gasteiger charge is 2.22. The van der Waals surface area contributed by atoms with Gasteiger partial charge in [-0.15, -0.1) is 10.2 Å². The van der Waals surface area contributed by atoms with Gasteiger partial charge in [-0.3, -0.25) is 14.9 Å². The summed E-state index contributed by atoms with van der Waals surface area (Å²) in [5.74, 6) is -0.519. The van der Waals surface area contributed by atoms with E-state index in [1.54, 1.807) is 42.1 Å². The zero-order valence-corrected chi connectivity index (χ0v) is 14.9. The number of nitrogens with zero attached hydrogens (tertiary/aromatic N) is 4. The van der Waals surface area contributed by atoms with E-state index in [9.17, 15) is 14.9 Å². The van der Waals surface area contributed by atoms with E-state index in [4.69, 9.17) is 0 Å². The molecule has 0 unspecified atom stereocenters. The van der Waals surface area contributed by atoms with Gasteiger partial charge >= 0.3 is 0 Å². The molecule has 3 aromatic rings. The minimum absolute atomic E-state index is 0.0348. The van der Waals surface area contributed by atoms with Gasteiger partial charge in [0.2, 0.25) is 0 Å². The number of aryl methyl sites for hydroxylation is 2. The summed E-state index contributed by atoms with van der Waals surface area (Å²) in [6.07, 6.45) is 1.62. The largest absolute Gasteiger partial charge is 0.322 e. The number of rotatable bonds is 5. The van der Waals surface area contributed by atoms with Gasteiger partial charge in [0.05, 0.1) is 4.92 Å². The van der Waals surface area contributed by atoms with Gasteiger partial charge in [-0.25, -0.2) is 0 Å². The first-order chi connectivity index (χ1) is 12.5. The maximum absolute atomic E-state index is 12.4. The van der Waals surface area contributed by atoms with Crippen LogP contribution in [0.5, 0.6) is 0 Å². The Labute approximate surface area is 153 Å². The number of carbonyl (C=O) groups is 1. The molecule has 0 saturated carbocycles. The third-order valence-electron chi connectivity index (χ3n) is 3.66. The average Bonchev–Trinajstić information content (AvgIpc) is 3.01. The van der Waals surface area contributed by atoms with Crippen LogP contribution < -0.4 is 5.32 Å². The van der Waals surface area contributed by atoms with Gasteiger partial charge in [0.25, 0.3) is 11.6 Å². The van der Waals surface area contributed by atoms with Crippen LogP contribution in [0.2, 0.25) is 0 Å². The topological polar surface area (TPSA) is 103 Å². The number of anilines is 1. The number of hydrogen-bond acceptors (Lipinski definition) is 6. The predicted molar refractivity (Wildman–Crippen MR) is 97.4 cm³/mol. The van der Waals surface area contributed by atoms with Crippen LogP contribution in [0.4, 0.5) is 11.4 Å². The molecular weight excluding hydrogens is 354 g/mol. The molecule has 2 aromatic carbocycles. The second-order valence-corrected chi connectivity index (χ2v) is 6.57. The van der Waals surface area contributed by atoms with Gasteiger partial charge in [-0.2, -0.15) is 0 Å². The number of carbonyl (C=O) groups excluding carboxylic acids is 1. The minimum Gasteiger partial charge on any atom is -0.322 e. The summed E-state index contributed by atoms with van der Waals surface area (Å²) in [7, 11) is 1.85. The van der Waals surface area contributed by atoms with Crippen molar-refractivity contribution in [3.63, 3.8) is 0 Å². The molecule has 1 amide bonds. The molecule has 0 radical (unpaired) electrons. The lowest BCUT2D eigenvalue weighted by atomic mass is 10.1. The molecule has 132 valence electrons. The molecule has 3 rings (SSSR count). The number of nitro groups is 1. The van der Waals surface area contributed by atoms with E-state index in [1.165, 1.54) is 17.8 Å². The number of para-hydroxylation sites is 1. The molecule has 0 aliphatic carbocycles. The molecule has 0 bridgehead atoms. The van der Waals surface area contributed by atoms with Gasteiger partial charge < -0.3 is 9.88 Å². The summed E-state index contributed by atoms with van der Waals surface area (Å²) in [5, 5.41) is 22.5. The van der Waals surface area contributed by atoms with Crippen molar-refractivity contribution in [1.29, 1.82) is 0 Å². The average molecular weight is 369 g/mol. The molecule has 0 aliphatic rings. The second kappa shape index (κ2) is 7.36. The van der Waals surface area contributed by atoms with E-state index in [0.717, 1.165) is 10.1 Å². The number of hydrogen-bond donors (Lipinski definition) is 1. The molecular formula is C17H15N5O3S. The molecule has 1 heterocycles. The molecule has 1 N–H and O–H groups in total. The number of amides is 1. The summed E-state index contributed by atoms with van der Waals surface area (Å²) in [4.78, 5) is 24.1. The first-order valence-electron chi connectivity index (χ1n) is 7.63. The van der Waals surface area contributed by atoms with Crippen LogP contribution in [-0.2, 0) is 7.05 Å². The van der Waals surface area contributed by atoms with E-state index in [0.29, 0.717) is 11.3 Å². The Bertz CT molecular complexity index is 969. The Morgan fingerprint density at radius 2 is 1.96 bits per heavy atom. The van der Waals surface area contributed by atoms with Crippen LogP contribution in [0.3, 0.4) is 0 Å². The Balaban J connectivity index is 1.75. The third-order valence-corrected chi connectivity index (χ3v) is 4.72. The van der Waals surface area contributed by atoms with Crippen molar-refractivity contribution in [2.24, 2.45) is 7.05 Å². The number of benzene rings is 2. The molecule has 0 atom stereocenters. The van der Waals surface area contributed by atoms with Crippen LogP contribution in [0.15, 0.2) is 58.8 Å². The van der Waals surface area contributed by atoms with Gasteiger partial charge in [-0.05, 0) is 49.0 Å². The maximum Gasteiger partial charge on any atom is 0.285 e. The molecule has 9 heteroatoms. The first kappa shape index (κ1) is 17.6. The standard InChI is InChI=1S/C17H15N5O3S/c1-11-4-3-5-14(15(11)22(24)25)16(23)19-12-6-8-13(9-7-12)26-17-20-18-10-21(17)2/h3-10H,1-2H3,(H,19,23). The van der Waals surface area contributed by atoms with Gasteiger partial charge in [0, 0.05) is 23.2 Å². The van der Waals surface area contributed by atoms with Gasteiger partial charge in [0.15, 0.2) is 5.16 Å². The Morgan fingerprint density at radius 3 is 2.58 bits per heavy atom. The normalized spacial score (nSPS) is 10.5. The van der Waals surface area contributed by atoms with Crippen molar-refractivity contribution < 1.29 is 9.72 Å². The summed E-state index contributed by atoms with van der Waals surface area (Å²) < 4.78 is 1.80. The lowest BCUT2D eigenvalue weighted by Gasteiger charge is -2.08. The summed E-state index contributed by atoms with van der Waals surface area (Å²) in [5.41, 5.74) is 0.846. The fourth-order valence-electron chi connectivity index (χ4n) is 2.36. The van der Waals surface area contributed by atoms with E-state index in [2.05, 4.69) is 15.5 Å². The summed E-state index contributed by atoms with van der Waals surface area (Å²) >= 11 is 1.44. The van der Waals surface area contributed by atoms with Gasteiger partial charge in [-0.1, -0.05) is 12.1 Å². The van der Waals surface area contributed by atoms with Crippen molar-refractivity contribution in [1.82, 2.24) is 14.8 Å². The van der Waals surface area contributed by atoms with Crippen molar-refractivity contribution in [3.05, 3.63) is 70.0 Å². The lowest BCUT2D eigenvalue weighted by Crippen LogP contribution is -2.14. The lowest BCUT2D eigenvalue weighted by molar-refractivity contribution is -0.385. The van der Waals surface area contributed by atoms with Gasteiger partial charge in [0.1, 0.15) is 11.9 Å². The Morgan fingerprint density at radius 1 is 1.23 bits per heavy atom. The fourth-order valence-corrected chi connectivity index (χ4v) is 3.12. The van der Waals surface area contributed by atoms with Crippen molar-refractivity contribution in [2.75, 3.05) is 5.32 Å². The van der Waals surface area contributed by atoms with Crippen LogP contribution in [0, 0.1) is 17.0 Å². The van der Waals surface area contributed by atoms with E-state index < -0.39 is 10.8 Å². The van der Waals surface area contributed by atoms with Crippen molar-refractivity contribution >= 4 is 29.0 Å². The highest BCUT2D eigenvalue weighted by molar-refractivity contribution is 7.99. The van der Waals surface area contributed by atoms with Crippen LogP contribution >= 0.6 is 11.8 Å². The quantitative estimate of drug-likeness (QED) is 0.546. The first-order valence-corrected chi connectivity index (χ1v) is 8.44. The second-order valence-electron chi connectivity index (χ2n) is 5.53. The SMILES string of the molecule is Cc1cccc(C(=O)Nc2ccc(Sc3nncn3C)cc2)c1[N+](=O)[O-]. The highest BCUT2D eigenvalue weighted by Crippen LogP contribution is 2.27. The smallest absolute Gasteiger partial charge is 0.285 e. The molecule has 0 saturated heterocycles. The maximum atomic E-state index is 12.4. The van der Waals surface area contributed by atoms with Crippen molar-refractivity contribution in [2.45, 2.75) is 17.0 Å². The molecule has 8 nitrogen and oxygen atoms in total. The molecule has 0 spiro atoms. The van der Waals surface area contributed by atoms with E-state index >= 15 is 0 Å². The zero-order chi connectivity index (χ0) is 18.7. The van der Waals surface area contributed by atoms with E-state index in [1.807, 2.05) is 19.2 Å². The minimum atomic E-state index is -0.537. The zero-order valence-electron chi connectivity index (χ0n) is 14.0. The monoisotopic (exact) mass is 369 g/mol. The summed E-state index contributed by atoms with van der Waals surface area (Å²) in [6.45, 7) is 1.60. The van der Waals surface area contributed by atoms with Crippen LogP contribution in [-0.4, -0.2) is 25.6 Å². The van der Waals surface area contributed by atoms with Crippen molar-refractivity contribution in [3.8, 4) is 0 Å². The number of nitro benzene ring substituents is 1. The summed E-state index contributed by atoms with van der Waals surface area (Å²) in [6, 6.07) is 11.8. The van der Waals surface area contributed by atoms with Crippen LogP contribution in [0.1, 0.15) is 15.9 Å². The van der Waals surface area contributed by atoms with E-state index in [-0.39, 0.29) is 11.3 Å². The van der Waals surface area contributed by atoms with Crippen LogP contribution in [0.25, 0.3) is 0 Å². The fraction of sp³-hybridized carbons (Fsp3) is 0.118. The third kappa shape index (κ3) is 3.72. The molecule has 0 fully saturated rings. The molecule has 1 aromatic heterocycles. The number of aromatic nitrogens is 3.